The molecule has 0 bridgehead atoms. The molecule has 1 spiro atoms. The predicted octanol–water partition coefficient (Wildman–Crippen LogP) is 1.70. The Morgan fingerprint density at radius 3 is 2.23 bits per heavy atom. The van der Waals surface area contributed by atoms with E-state index in [-0.39, 0.29) is 6.10 Å². The van der Waals surface area contributed by atoms with Crippen LogP contribution < -0.4 is 5.32 Å². The first-order valence-electron chi connectivity index (χ1n) is 5.18. The van der Waals surface area contributed by atoms with Crippen molar-refractivity contribution in [2.75, 3.05) is 13.1 Å². The van der Waals surface area contributed by atoms with Gasteiger partial charge in [0.2, 0.25) is 0 Å². The summed E-state index contributed by atoms with van der Waals surface area (Å²) >= 11 is 0. The average Bonchev–Trinajstić information content (AvgIpc) is 2.05. The molecule has 0 radical (unpaired) electrons. The van der Waals surface area contributed by atoms with Gasteiger partial charge in [-0.15, -0.1) is 6.58 Å². The smallest absolute Gasteiger partial charge is 0.0550 e. The summed E-state index contributed by atoms with van der Waals surface area (Å²) in [7, 11) is 0. The molecule has 1 aliphatic carbocycles. The SMILES string of the molecule is C=CC.OC1CC2(CCNCC2)C1. The molecule has 2 nitrogen and oxygen atoms in total. The molecule has 0 aromatic heterocycles. The van der Waals surface area contributed by atoms with Gasteiger partial charge in [0.1, 0.15) is 0 Å². The van der Waals surface area contributed by atoms with Gasteiger partial charge in [0.15, 0.2) is 0 Å². The van der Waals surface area contributed by atoms with Crippen molar-refractivity contribution in [3.63, 3.8) is 0 Å². The molecule has 2 N–H and O–H groups in total. The van der Waals surface area contributed by atoms with Crippen LogP contribution in [0.5, 0.6) is 0 Å². The number of aliphatic hydroxyl groups excluding tert-OH is 1. The first kappa shape index (κ1) is 10.7. The maximum absolute atomic E-state index is 9.14. The van der Waals surface area contributed by atoms with E-state index in [0.29, 0.717) is 5.41 Å². The van der Waals surface area contributed by atoms with Crippen LogP contribution in [0.25, 0.3) is 0 Å². The van der Waals surface area contributed by atoms with Crippen LogP contribution in [0, 0.1) is 5.41 Å². The van der Waals surface area contributed by atoms with E-state index in [2.05, 4.69) is 11.9 Å². The number of nitrogens with one attached hydrogen (secondary N) is 1. The van der Waals surface area contributed by atoms with Crippen LogP contribution in [-0.4, -0.2) is 24.3 Å². The van der Waals surface area contributed by atoms with Gasteiger partial charge in [0.25, 0.3) is 0 Å². The lowest BCUT2D eigenvalue weighted by molar-refractivity contribution is -0.0497. The Labute approximate surface area is 81.0 Å². The lowest BCUT2D eigenvalue weighted by Gasteiger charge is -2.48. The number of hydrogen-bond donors (Lipinski definition) is 2. The van der Waals surface area contributed by atoms with E-state index in [1.54, 1.807) is 6.08 Å². The van der Waals surface area contributed by atoms with Crippen molar-refractivity contribution < 1.29 is 5.11 Å². The zero-order valence-corrected chi connectivity index (χ0v) is 8.55. The van der Waals surface area contributed by atoms with Crippen molar-refractivity contribution in [2.45, 2.75) is 38.7 Å². The third kappa shape index (κ3) is 2.82. The largest absolute Gasteiger partial charge is 0.393 e. The van der Waals surface area contributed by atoms with Crippen molar-refractivity contribution in [1.82, 2.24) is 5.32 Å². The average molecular weight is 183 g/mol. The van der Waals surface area contributed by atoms with Gasteiger partial charge in [-0.1, -0.05) is 6.08 Å². The molecule has 0 amide bonds. The minimum Gasteiger partial charge on any atom is -0.393 e. The predicted molar refractivity (Wildman–Crippen MR) is 55.6 cm³/mol. The molecule has 1 saturated heterocycles. The lowest BCUT2D eigenvalue weighted by Crippen LogP contribution is -2.47. The first-order valence-corrected chi connectivity index (χ1v) is 5.18. The van der Waals surface area contributed by atoms with Gasteiger partial charge in [0, 0.05) is 0 Å². The minimum atomic E-state index is 0.0260. The summed E-state index contributed by atoms with van der Waals surface area (Å²) in [4.78, 5) is 0. The van der Waals surface area contributed by atoms with Crippen LogP contribution in [0.2, 0.25) is 0 Å². The zero-order valence-electron chi connectivity index (χ0n) is 8.55. The van der Waals surface area contributed by atoms with Crippen molar-refractivity contribution >= 4 is 0 Å². The second-order valence-electron chi connectivity index (χ2n) is 4.22. The van der Waals surface area contributed by atoms with Crippen molar-refractivity contribution in [3.05, 3.63) is 12.7 Å². The van der Waals surface area contributed by atoms with Crippen LogP contribution in [0.1, 0.15) is 32.6 Å². The highest BCUT2D eigenvalue weighted by atomic mass is 16.3. The fourth-order valence-corrected chi connectivity index (χ4v) is 2.31. The molecule has 2 rings (SSSR count). The van der Waals surface area contributed by atoms with E-state index < -0.39 is 0 Å². The normalized spacial score (nSPS) is 25.7. The van der Waals surface area contributed by atoms with Crippen molar-refractivity contribution in [3.8, 4) is 0 Å². The Morgan fingerprint density at radius 1 is 1.38 bits per heavy atom. The third-order valence-corrected chi connectivity index (χ3v) is 3.00. The summed E-state index contributed by atoms with van der Waals surface area (Å²) < 4.78 is 0. The molecule has 0 unspecified atom stereocenters. The maximum Gasteiger partial charge on any atom is 0.0550 e. The van der Waals surface area contributed by atoms with E-state index >= 15 is 0 Å². The summed E-state index contributed by atoms with van der Waals surface area (Å²) in [6.07, 6.45) is 6.47. The van der Waals surface area contributed by atoms with Crippen LogP contribution in [-0.2, 0) is 0 Å². The Balaban J connectivity index is 0.000000251. The molecule has 0 atom stereocenters. The van der Waals surface area contributed by atoms with Crippen molar-refractivity contribution in [1.29, 1.82) is 0 Å². The van der Waals surface area contributed by atoms with E-state index in [1.165, 1.54) is 12.8 Å². The summed E-state index contributed by atoms with van der Waals surface area (Å²) in [6.45, 7) is 7.57. The van der Waals surface area contributed by atoms with E-state index in [4.69, 9.17) is 5.11 Å². The molecule has 0 aromatic carbocycles. The highest BCUT2D eigenvalue weighted by molar-refractivity contribution is 4.96. The molecule has 13 heavy (non-hydrogen) atoms. The summed E-state index contributed by atoms with van der Waals surface area (Å²) in [5, 5.41) is 12.5. The molecular formula is C11H21NO. The van der Waals surface area contributed by atoms with Crippen LogP contribution in [0.4, 0.5) is 0 Å². The highest BCUT2D eigenvalue weighted by Gasteiger charge is 2.43. The van der Waals surface area contributed by atoms with Gasteiger partial charge in [-0.3, -0.25) is 0 Å². The zero-order chi connectivity index (χ0) is 9.73. The van der Waals surface area contributed by atoms with E-state index in [9.17, 15) is 0 Å². The summed E-state index contributed by atoms with van der Waals surface area (Å²) in [6, 6.07) is 0. The van der Waals surface area contributed by atoms with Crippen LogP contribution in [0.15, 0.2) is 12.7 Å². The number of hydrogen-bond acceptors (Lipinski definition) is 2. The Bertz CT molecular complexity index is 146. The molecule has 76 valence electrons. The topological polar surface area (TPSA) is 32.3 Å². The molecule has 2 fully saturated rings. The maximum atomic E-state index is 9.14. The molecule has 1 heterocycles. The highest BCUT2D eigenvalue weighted by Crippen LogP contribution is 2.47. The second kappa shape index (κ2) is 4.77. The monoisotopic (exact) mass is 183 g/mol. The van der Waals surface area contributed by atoms with E-state index in [1.807, 2.05) is 6.92 Å². The Kier molecular flexibility index (Phi) is 3.94. The molecular weight excluding hydrogens is 162 g/mol. The fraction of sp³-hybridized carbons (Fsp3) is 0.818. The van der Waals surface area contributed by atoms with Gasteiger partial charge in [0.05, 0.1) is 6.10 Å². The number of piperidine rings is 1. The first-order chi connectivity index (χ1) is 6.22. The van der Waals surface area contributed by atoms with Crippen LogP contribution in [0.3, 0.4) is 0 Å². The molecule has 1 saturated carbocycles. The molecule has 0 aromatic rings. The van der Waals surface area contributed by atoms with Gasteiger partial charge >= 0.3 is 0 Å². The number of rotatable bonds is 0. The molecule has 1 aliphatic heterocycles. The summed E-state index contributed by atoms with van der Waals surface area (Å²) in [5.41, 5.74) is 0.560. The number of allylic oxidation sites excluding steroid dienone is 1. The quantitative estimate of drug-likeness (QED) is 0.560. The van der Waals surface area contributed by atoms with Crippen molar-refractivity contribution in [2.24, 2.45) is 5.41 Å². The number of aliphatic hydroxyl groups is 1. The van der Waals surface area contributed by atoms with Gasteiger partial charge in [-0.25, -0.2) is 0 Å². The second-order valence-corrected chi connectivity index (χ2v) is 4.22. The standard InChI is InChI=1S/C8H15NO.C3H6/c10-7-5-8(6-7)1-3-9-4-2-8;1-3-2/h7,9-10H,1-6H2;3H,1H2,2H3. The minimum absolute atomic E-state index is 0.0260. The fourth-order valence-electron chi connectivity index (χ4n) is 2.31. The van der Waals surface area contributed by atoms with Gasteiger partial charge in [-0.2, -0.15) is 0 Å². The third-order valence-electron chi connectivity index (χ3n) is 3.00. The molecule has 2 aliphatic rings. The van der Waals surface area contributed by atoms with Crippen LogP contribution >= 0.6 is 0 Å². The lowest BCUT2D eigenvalue weighted by atomic mass is 9.62. The van der Waals surface area contributed by atoms with E-state index in [0.717, 1.165) is 25.9 Å². The summed E-state index contributed by atoms with van der Waals surface area (Å²) in [5.74, 6) is 0. The molecule has 2 heteroatoms. The Hall–Kier alpha value is -0.340. The Morgan fingerprint density at radius 2 is 1.85 bits per heavy atom. The van der Waals surface area contributed by atoms with Gasteiger partial charge < -0.3 is 10.4 Å². The van der Waals surface area contributed by atoms with Gasteiger partial charge in [-0.05, 0) is 51.1 Å².